The Morgan fingerprint density at radius 2 is 1.70 bits per heavy atom. The first kappa shape index (κ1) is 46.9. The number of nitrogens with zero attached hydrogens (tertiary/aromatic N) is 6. The summed E-state index contributed by atoms with van der Waals surface area (Å²) in [6.07, 6.45) is 9.27. The van der Waals surface area contributed by atoms with Crippen molar-refractivity contribution < 1.29 is 42.7 Å². The summed E-state index contributed by atoms with van der Waals surface area (Å²) in [5.41, 5.74) is 2.84. The normalized spacial score (nSPS) is 19.2. The lowest BCUT2D eigenvalue weighted by atomic mass is 9.90. The van der Waals surface area contributed by atoms with Gasteiger partial charge in [-0.25, -0.2) is 19.2 Å². The van der Waals surface area contributed by atoms with E-state index in [9.17, 15) is 33.6 Å². The number of hydrogen-bond acceptors (Lipinski definition) is 14. The molecule has 1 atom stereocenters. The molecule has 2 saturated carbocycles. The Balaban J connectivity index is 0.755. The van der Waals surface area contributed by atoms with E-state index in [0.717, 1.165) is 46.8 Å². The minimum Gasteiger partial charge on any atom is -0.445 e. The van der Waals surface area contributed by atoms with E-state index < -0.39 is 41.6 Å². The molecule has 21 heteroatoms. The average molecular weight is 940 g/mol. The lowest BCUT2D eigenvalue weighted by Gasteiger charge is -2.36. The third-order valence-corrected chi connectivity index (χ3v) is 13.6. The van der Waals surface area contributed by atoms with Crippen molar-refractivity contribution >= 4 is 58.8 Å². The lowest BCUT2D eigenvalue weighted by molar-refractivity contribution is -0.136. The zero-order valence-electron chi connectivity index (χ0n) is 37.2. The Morgan fingerprint density at radius 3 is 2.45 bits per heavy atom. The largest absolute Gasteiger partial charge is 0.445 e. The number of carbonyl (C=O) groups is 7. The molecule has 67 heavy (non-hydrogen) atoms. The van der Waals surface area contributed by atoms with E-state index in [1.54, 1.807) is 16.9 Å². The second kappa shape index (κ2) is 21.3. The zero-order chi connectivity index (χ0) is 47.0. The molecule has 8 rings (SSSR count). The van der Waals surface area contributed by atoms with E-state index >= 15 is 4.39 Å². The summed E-state index contributed by atoms with van der Waals surface area (Å²) in [5.74, 6) is -2.52. The summed E-state index contributed by atoms with van der Waals surface area (Å²) in [4.78, 5) is 101. The predicted molar refractivity (Wildman–Crippen MR) is 242 cm³/mol. The average Bonchev–Trinajstić information content (AvgIpc) is 3.86. The van der Waals surface area contributed by atoms with Gasteiger partial charge in [0.25, 0.3) is 11.8 Å². The van der Waals surface area contributed by atoms with Crippen molar-refractivity contribution in [3.05, 3.63) is 81.2 Å². The predicted octanol–water partition coefficient (Wildman–Crippen LogP) is 3.60. The van der Waals surface area contributed by atoms with Crippen LogP contribution in [0, 0.1) is 11.7 Å². The van der Waals surface area contributed by atoms with Crippen LogP contribution in [0.15, 0.2) is 48.8 Å². The van der Waals surface area contributed by atoms with Gasteiger partial charge in [0.15, 0.2) is 5.82 Å². The van der Waals surface area contributed by atoms with E-state index in [4.69, 9.17) is 4.74 Å². The van der Waals surface area contributed by atoms with E-state index in [1.165, 1.54) is 11.1 Å². The number of aromatic nitrogens is 4. The van der Waals surface area contributed by atoms with Gasteiger partial charge in [0, 0.05) is 48.2 Å². The van der Waals surface area contributed by atoms with Gasteiger partial charge in [-0.05, 0) is 88.3 Å². The fraction of sp³-hybridized carbons (Fsp3) is 0.478. The molecule has 0 radical (unpaired) electrons. The SMILES string of the molecule is Cn1ncc(-c2nc(NC3CCC(N(CC(=O)NCCCCNCC(=O)NCc4cc5c(s4)C(=O)N(C4CCC(=O)NC4=O)C5=O)C(=O)OCc4ccccc4)CC3)ncc2F)c1CC1CC1. The van der Waals surface area contributed by atoms with Gasteiger partial charge >= 0.3 is 6.09 Å². The minimum atomic E-state index is -1.04. The van der Waals surface area contributed by atoms with Gasteiger partial charge in [-0.1, -0.05) is 30.3 Å². The number of aryl methyl sites for hydroxylation is 1. The fourth-order valence-corrected chi connectivity index (χ4v) is 9.66. The van der Waals surface area contributed by atoms with Crippen molar-refractivity contribution in [2.45, 2.75) is 102 Å². The number of fused-ring (bicyclic) bond motifs is 1. The van der Waals surface area contributed by atoms with Crippen LogP contribution in [0.4, 0.5) is 15.1 Å². The van der Waals surface area contributed by atoms with Crippen molar-refractivity contribution in [1.82, 2.24) is 50.8 Å². The Labute approximate surface area is 390 Å². The molecule has 4 aromatic rings. The van der Waals surface area contributed by atoms with Gasteiger partial charge in [-0.3, -0.25) is 48.6 Å². The van der Waals surface area contributed by atoms with E-state index in [0.29, 0.717) is 73.9 Å². The number of unbranched alkanes of at least 4 members (excludes halogenated alkanes) is 1. The molecule has 1 saturated heterocycles. The molecule has 0 spiro atoms. The molecule has 5 N–H and O–H groups in total. The number of ether oxygens (including phenoxy) is 1. The first-order valence-corrected chi connectivity index (χ1v) is 23.6. The zero-order valence-corrected chi connectivity index (χ0v) is 38.0. The van der Waals surface area contributed by atoms with Crippen LogP contribution < -0.4 is 26.6 Å². The number of benzene rings is 1. The maximum Gasteiger partial charge on any atom is 0.410 e. The number of hydrogen-bond donors (Lipinski definition) is 5. The molecular formula is C46H54FN11O8S. The molecule has 354 valence electrons. The molecule has 4 aliphatic rings. The van der Waals surface area contributed by atoms with Crippen LogP contribution in [-0.2, 0) is 50.5 Å². The first-order chi connectivity index (χ1) is 32.4. The summed E-state index contributed by atoms with van der Waals surface area (Å²) in [5, 5.41) is 18.7. The molecule has 2 aliphatic carbocycles. The Morgan fingerprint density at radius 1 is 0.925 bits per heavy atom. The monoisotopic (exact) mass is 939 g/mol. The van der Waals surface area contributed by atoms with Crippen molar-refractivity contribution in [2.24, 2.45) is 13.0 Å². The number of amides is 7. The van der Waals surface area contributed by atoms with E-state index in [-0.39, 0.29) is 79.1 Å². The highest BCUT2D eigenvalue weighted by Crippen LogP contribution is 2.37. The van der Waals surface area contributed by atoms with Crippen LogP contribution in [-0.4, -0.2) is 115 Å². The van der Waals surface area contributed by atoms with Crippen LogP contribution in [0.1, 0.15) is 100 Å². The molecule has 2 aliphatic heterocycles. The molecule has 3 aromatic heterocycles. The number of thiophene rings is 1. The number of anilines is 1. The number of piperidine rings is 1. The van der Waals surface area contributed by atoms with Gasteiger partial charge in [-0.15, -0.1) is 11.3 Å². The van der Waals surface area contributed by atoms with Crippen molar-refractivity contribution in [3.8, 4) is 11.3 Å². The van der Waals surface area contributed by atoms with Crippen LogP contribution in [0.2, 0.25) is 0 Å². The summed E-state index contributed by atoms with van der Waals surface area (Å²) >= 11 is 1.08. The Kier molecular flexibility index (Phi) is 14.9. The fourth-order valence-electron chi connectivity index (χ4n) is 8.64. The lowest BCUT2D eigenvalue weighted by Crippen LogP contribution is -2.54. The molecule has 1 aromatic carbocycles. The van der Waals surface area contributed by atoms with Gasteiger partial charge < -0.3 is 26.0 Å². The molecule has 19 nitrogen and oxygen atoms in total. The van der Waals surface area contributed by atoms with Crippen LogP contribution in [0.3, 0.4) is 0 Å². The van der Waals surface area contributed by atoms with Crippen molar-refractivity contribution in [3.63, 3.8) is 0 Å². The van der Waals surface area contributed by atoms with E-state index in [1.807, 2.05) is 37.4 Å². The summed E-state index contributed by atoms with van der Waals surface area (Å²) in [6.45, 7) is 0.882. The second-order valence-electron chi connectivity index (χ2n) is 17.4. The smallest absolute Gasteiger partial charge is 0.410 e. The third kappa shape index (κ3) is 11.7. The molecule has 5 heterocycles. The van der Waals surface area contributed by atoms with Gasteiger partial charge in [0.05, 0.1) is 31.0 Å². The number of rotatable bonds is 20. The summed E-state index contributed by atoms with van der Waals surface area (Å²) in [7, 11) is 1.86. The van der Waals surface area contributed by atoms with Crippen LogP contribution in [0.25, 0.3) is 11.3 Å². The third-order valence-electron chi connectivity index (χ3n) is 12.5. The van der Waals surface area contributed by atoms with Crippen molar-refractivity contribution in [1.29, 1.82) is 0 Å². The summed E-state index contributed by atoms with van der Waals surface area (Å²) < 4.78 is 22.6. The van der Waals surface area contributed by atoms with Crippen LogP contribution in [0.5, 0.6) is 0 Å². The van der Waals surface area contributed by atoms with Gasteiger partial charge in [-0.2, -0.15) is 5.10 Å². The summed E-state index contributed by atoms with van der Waals surface area (Å²) in [6, 6.07) is 9.54. The Hall–Kier alpha value is -6.61. The highest BCUT2D eigenvalue weighted by atomic mass is 32.1. The van der Waals surface area contributed by atoms with Gasteiger partial charge in [0.2, 0.25) is 29.6 Å². The highest BCUT2D eigenvalue weighted by molar-refractivity contribution is 7.14. The van der Waals surface area contributed by atoms with Crippen LogP contribution >= 0.6 is 11.3 Å². The standard InChI is InChI=1S/C46H54FN11O8S/c1-56-36(19-27-9-10-27)33(22-52-56)40-34(47)23-51-45(55-40)53-29-11-13-30(14-12-29)57(46(65)66-26-28-7-3-2-4-8-28)25-39(61)49-18-6-5-17-48-24-38(60)50-21-31-20-32-41(67-31)44(64)58(43(32)63)35-15-16-37(59)54-42(35)62/h2-4,7-8,20,22-23,27,29-30,35,48H,5-6,9-19,21,24-26H2,1H3,(H,49,61)(H,50,60)(H,51,53,55)(H,54,59,62). The number of imide groups is 2. The minimum absolute atomic E-state index is 0.0287. The van der Waals surface area contributed by atoms with E-state index in [2.05, 4.69) is 41.7 Å². The molecule has 7 amide bonds. The Bertz CT molecular complexity index is 2470. The molecule has 3 fully saturated rings. The van der Waals surface area contributed by atoms with Crippen molar-refractivity contribution in [2.75, 3.05) is 31.5 Å². The molecule has 1 unspecified atom stereocenters. The number of nitrogens with one attached hydrogen (secondary N) is 5. The van der Waals surface area contributed by atoms with Gasteiger partial charge in [0.1, 0.15) is 29.8 Å². The highest BCUT2D eigenvalue weighted by Gasteiger charge is 2.46. The second-order valence-corrected chi connectivity index (χ2v) is 18.5. The first-order valence-electron chi connectivity index (χ1n) is 22.8. The number of carbonyl (C=O) groups excluding carboxylic acids is 7. The maximum absolute atomic E-state index is 15.1. The number of halogens is 1. The molecule has 0 bridgehead atoms. The topological polar surface area (TPSA) is 239 Å². The molecular weight excluding hydrogens is 886 g/mol. The quantitative estimate of drug-likeness (QED) is 0.0630. The maximum atomic E-state index is 15.1.